The van der Waals surface area contributed by atoms with Crippen molar-refractivity contribution in [2.45, 2.75) is 30.5 Å². The SMILES string of the molecule is CCCCC#Cc1cnc(S(N)(=O)=O)s1. The zero-order chi connectivity index (χ0) is 11.3. The lowest BCUT2D eigenvalue weighted by Crippen LogP contribution is -2.11. The predicted molar refractivity (Wildman–Crippen MR) is 59.9 cm³/mol. The first kappa shape index (κ1) is 12.2. The highest BCUT2D eigenvalue weighted by Crippen LogP contribution is 2.15. The first-order chi connectivity index (χ1) is 7.04. The van der Waals surface area contributed by atoms with Crippen LogP contribution in [0.5, 0.6) is 0 Å². The summed E-state index contributed by atoms with van der Waals surface area (Å²) >= 11 is 1.00. The maximum absolute atomic E-state index is 10.9. The van der Waals surface area contributed by atoms with Gasteiger partial charge in [0.25, 0.3) is 10.0 Å². The fourth-order valence-electron chi connectivity index (χ4n) is 0.862. The van der Waals surface area contributed by atoms with Gasteiger partial charge in [0.05, 0.1) is 11.1 Å². The van der Waals surface area contributed by atoms with Crippen molar-refractivity contribution >= 4 is 21.4 Å². The molecule has 0 fully saturated rings. The number of rotatable bonds is 3. The highest BCUT2D eigenvalue weighted by Gasteiger charge is 2.11. The molecule has 1 aromatic rings. The molecule has 0 spiro atoms. The van der Waals surface area contributed by atoms with Crippen molar-refractivity contribution in [3.8, 4) is 11.8 Å². The molecule has 0 aromatic carbocycles. The van der Waals surface area contributed by atoms with E-state index in [2.05, 4.69) is 23.7 Å². The second-order valence-corrected chi connectivity index (χ2v) is 5.71. The second-order valence-electron chi connectivity index (χ2n) is 2.94. The minimum absolute atomic E-state index is 0.0812. The number of sulfonamides is 1. The minimum Gasteiger partial charge on any atom is -0.231 e. The van der Waals surface area contributed by atoms with Gasteiger partial charge in [-0.1, -0.05) is 36.5 Å². The number of hydrogen-bond donors (Lipinski definition) is 1. The Kier molecular flexibility index (Phi) is 4.27. The fraction of sp³-hybridized carbons (Fsp3) is 0.444. The Labute approximate surface area is 93.6 Å². The molecule has 1 rings (SSSR count). The number of nitrogens with two attached hydrogens (primary N) is 1. The van der Waals surface area contributed by atoms with Crippen LogP contribution in [0, 0.1) is 11.8 Å². The van der Waals surface area contributed by atoms with E-state index >= 15 is 0 Å². The van der Waals surface area contributed by atoms with E-state index in [4.69, 9.17) is 5.14 Å². The minimum atomic E-state index is -3.68. The van der Waals surface area contributed by atoms with Crippen molar-refractivity contribution in [1.82, 2.24) is 4.98 Å². The summed E-state index contributed by atoms with van der Waals surface area (Å²) in [5, 5.41) is 4.92. The largest absolute Gasteiger partial charge is 0.265 e. The van der Waals surface area contributed by atoms with Gasteiger partial charge in [0, 0.05) is 6.42 Å². The predicted octanol–water partition coefficient (Wildman–Crippen LogP) is 1.33. The molecule has 0 aliphatic heterocycles. The second kappa shape index (κ2) is 5.26. The van der Waals surface area contributed by atoms with Gasteiger partial charge >= 0.3 is 0 Å². The van der Waals surface area contributed by atoms with Gasteiger partial charge in [-0.05, 0) is 6.42 Å². The van der Waals surface area contributed by atoms with Crippen LogP contribution in [0.25, 0.3) is 0 Å². The molecule has 0 aliphatic carbocycles. The normalized spacial score (nSPS) is 10.8. The summed E-state index contributed by atoms with van der Waals surface area (Å²) < 4.78 is 21.7. The van der Waals surface area contributed by atoms with E-state index in [1.165, 1.54) is 6.20 Å². The van der Waals surface area contributed by atoms with Gasteiger partial charge in [0.1, 0.15) is 0 Å². The number of hydrogen-bond acceptors (Lipinski definition) is 4. The molecule has 1 heterocycles. The van der Waals surface area contributed by atoms with Crippen molar-refractivity contribution in [2.75, 3.05) is 0 Å². The quantitative estimate of drug-likeness (QED) is 0.644. The lowest BCUT2D eigenvalue weighted by atomic mass is 10.2. The van der Waals surface area contributed by atoms with E-state index in [1.807, 2.05) is 0 Å². The van der Waals surface area contributed by atoms with Gasteiger partial charge in [-0.15, -0.1) is 0 Å². The van der Waals surface area contributed by atoms with Gasteiger partial charge in [0.2, 0.25) is 4.34 Å². The molecule has 0 radical (unpaired) electrons. The molecule has 15 heavy (non-hydrogen) atoms. The lowest BCUT2D eigenvalue weighted by molar-refractivity contribution is 0.597. The van der Waals surface area contributed by atoms with Crippen molar-refractivity contribution < 1.29 is 8.42 Å². The molecule has 0 bridgehead atoms. The van der Waals surface area contributed by atoms with Crippen LogP contribution in [-0.2, 0) is 10.0 Å². The maximum atomic E-state index is 10.9. The molecule has 6 heteroatoms. The smallest absolute Gasteiger partial charge is 0.231 e. The average molecular weight is 244 g/mol. The van der Waals surface area contributed by atoms with Crippen LogP contribution in [0.3, 0.4) is 0 Å². The summed E-state index contributed by atoms with van der Waals surface area (Å²) in [4.78, 5) is 4.32. The first-order valence-electron chi connectivity index (χ1n) is 4.51. The van der Waals surface area contributed by atoms with E-state index in [0.717, 1.165) is 30.6 Å². The van der Waals surface area contributed by atoms with Crippen LogP contribution in [0.15, 0.2) is 10.5 Å². The number of aromatic nitrogens is 1. The van der Waals surface area contributed by atoms with Gasteiger partial charge in [-0.3, -0.25) is 0 Å². The van der Waals surface area contributed by atoms with Crippen LogP contribution in [0.1, 0.15) is 31.1 Å². The third-order valence-electron chi connectivity index (χ3n) is 1.59. The van der Waals surface area contributed by atoms with E-state index in [1.54, 1.807) is 0 Å². The maximum Gasteiger partial charge on any atom is 0.265 e. The molecule has 82 valence electrons. The Bertz CT molecular complexity index is 480. The van der Waals surface area contributed by atoms with Gasteiger partial charge in [0.15, 0.2) is 0 Å². The van der Waals surface area contributed by atoms with Crippen LogP contribution in [-0.4, -0.2) is 13.4 Å². The third-order valence-corrected chi connectivity index (χ3v) is 3.84. The van der Waals surface area contributed by atoms with E-state index in [-0.39, 0.29) is 4.34 Å². The number of primary sulfonamides is 1. The molecule has 0 unspecified atom stereocenters. The molecular formula is C9H12N2O2S2. The van der Waals surface area contributed by atoms with Crippen LogP contribution >= 0.6 is 11.3 Å². The zero-order valence-electron chi connectivity index (χ0n) is 8.36. The monoisotopic (exact) mass is 244 g/mol. The van der Waals surface area contributed by atoms with Gasteiger partial charge in [-0.2, -0.15) is 0 Å². The average Bonchev–Trinajstić information content (AvgIpc) is 2.60. The lowest BCUT2D eigenvalue weighted by Gasteiger charge is -1.85. The summed E-state index contributed by atoms with van der Waals surface area (Å²) in [7, 11) is -3.68. The third kappa shape index (κ3) is 4.00. The number of thiazole rings is 1. The summed E-state index contributed by atoms with van der Waals surface area (Å²) in [6.45, 7) is 2.09. The molecule has 0 amide bonds. The molecule has 0 aliphatic rings. The standard InChI is InChI=1S/C9H12N2O2S2/c1-2-3-4-5-6-8-7-11-9(14-8)15(10,12)13/h7H,2-4H2,1H3,(H2,10,12,13). The molecule has 0 saturated carbocycles. The zero-order valence-corrected chi connectivity index (χ0v) is 9.99. The van der Waals surface area contributed by atoms with Crippen molar-refractivity contribution in [1.29, 1.82) is 0 Å². The molecule has 2 N–H and O–H groups in total. The van der Waals surface area contributed by atoms with Crippen LogP contribution < -0.4 is 5.14 Å². The molecule has 0 atom stereocenters. The Morgan fingerprint density at radius 1 is 1.60 bits per heavy atom. The Morgan fingerprint density at radius 2 is 2.33 bits per heavy atom. The Morgan fingerprint density at radius 3 is 2.87 bits per heavy atom. The van der Waals surface area contributed by atoms with Crippen LogP contribution in [0.2, 0.25) is 0 Å². The van der Waals surface area contributed by atoms with Crippen LogP contribution in [0.4, 0.5) is 0 Å². The van der Waals surface area contributed by atoms with E-state index < -0.39 is 10.0 Å². The first-order valence-corrected chi connectivity index (χ1v) is 6.88. The summed E-state index contributed by atoms with van der Waals surface area (Å²) in [6, 6.07) is 0. The molecule has 1 aromatic heterocycles. The highest BCUT2D eigenvalue weighted by molar-refractivity contribution is 7.91. The van der Waals surface area contributed by atoms with Crippen molar-refractivity contribution in [2.24, 2.45) is 5.14 Å². The highest BCUT2D eigenvalue weighted by atomic mass is 32.2. The fourth-order valence-corrected chi connectivity index (χ4v) is 2.32. The number of unbranched alkanes of at least 4 members (excludes halogenated alkanes) is 2. The molecule has 0 saturated heterocycles. The summed E-state index contributed by atoms with van der Waals surface area (Å²) in [5.74, 6) is 5.81. The molecule has 4 nitrogen and oxygen atoms in total. The Hall–Kier alpha value is -0.900. The van der Waals surface area contributed by atoms with Gasteiger partial charge < -0.3 is 0 Å². The number of nitrogens with zero attached hydrogens (tertiary/aromatic N) is 1. The van der Waals surface area contributed by atoms with E-state index in [9.17, 15) is 8.42 Å². The topological polar surface area (TPSA) is 73.0 Å². The summed E-state index contributed by atoms with van der Waals surface area (Å²) in [6.07, 6.45) is 4.40. The van der Waals surface area contributed by atoms with Crippen molar-refractivity contribution in [3.05, 3.63) is 11.1 Å². The van der Waals surface area contributed by atoms with E-state index in [0.29, 0.717) is 4.88 Å². The van der Waals surface area contributed by atoms with Crippen molar-refractivity contribution in [3.63, 3.8) is 0 Å². The van der Waals surface area contributed by atoms with Gasteiger partial charge in [-0.25, -0.2) is 18.5 Å². The Balaban J connectivity index is 2.72. The summed E-state index contributed by atoms with van der Waals surface area (Å²) in [5.41, 5.74) is 0. The molecular weight excluding hydrogens is 232 g/mol.